The molecule has 0 fully saturated rings. The summed E-state index contributed by atoms with van der Waals surface area (Å²) in [5.74, 6) is -4.16. The number of carboxylic acid groups (broad SMARTS) is 2. The minimum absolute atomic E-state index is 0. The first-order valence-electron chi connectivity index (χ1n) is 15.6. The van der Waals surface area contributed by atoms with E-state index in [0.717, 1.165) is 9.36 Å². The molecule has 0 aliphatic rings. The molecule has 0 spiro atoms. The van der Waals surface area contributed by atoms with Gasteiger partial charge in [-0.3, -0.25) is 0 Å². The summed E-state index contributed by atoms with van der Waals surface area (Å²) in [6.07, 6.45) is 0. The average Bonchev–Trinajstić information content (AvgIpc) is 3.61. The summed E-state index contributed by atoms with van der Waals surface area (Å²) in [7, 11) is -7.91. The van der Waals surface area contributed by atoms with Crippen LogP contribution in [-0.4, -0.2) is 48.3 Å². The van der Waals surface area contributed by atoms with Gasteiger partial charge in [0, 0.05) is 22.9 Å². The van der Waals surface area contributed by atoms with Crippen molar-refractivity contribution in [1.29, 1.82) is 0 Å². The molecule has 6 rings (SSSR count). The van der Waals surface area contributed by atoms with Crippen LogP contribution in [0, 0.1) is 13.8 Å². The third-order valence-electron chi connectivity index (χ3n) is 7.52. The fraction of sp³-hybridized carbons (Fsp3) is 0.0588. The molecule has 0 aliphatic heterocycles. The molecule has 23 heteroatoms. The number of rotatable bonds is 10. The molecule has 0 saturated carbocycles. The number of nitrogens with zero attached hydrogens (tertiary/aromatic N) is 8. The average molecular weight is 852 g/mol. The van der Waals surface area contributed by atoms with Gasteiger partial charge in [-0.1, -0.05) is 48.5 Å². The molecule has 2 aromatic heterocycles. The van der Waals surface area contributed by atoms with Crippen molar-refractivity contribution in [3.63, 3.8) is 0 Å². The Labute approximate surface area is 335 Å². The van der Waals surface area contributed by atoms with E-state index >= 15 is 0 Å². The third kappa shape index (κ3) is 9.99. The van der Waals surface area contributed by atoms with Crippen LogP contribution in [0.15, 0.2) is 127 Å². The Morgan fingerprint density at radius 2 is 0.947 bits per heavy atom. The zero-order valence-electron chi connectivity index (χ0n) is 30.3. The predicted octanol–water partition coefficient (Wildman–Crippen LogP) is 1.47. The largest absolute Gasteiger partial charge is 3.00 e. The number of benzene rings is 4. The van der Waals surface area contributed by atoms with Gasteiger partial charge in [-0.15, -0.1) is 20.5 Å². The van der Waals surface area contributed by atoms with Gasteiger partial charge < -0.3 is 30.0 Å². The quantitative estimate of drug-likeness (QED) is 0.185. The van der Waals surface area contributed by atoms with Crippen molar-refractivity contribution in [3.8, 4) is 23.1 Å². The second-order valence-electron chi connectivity index (χ2n) is 11.4. The molecule has 1 radical (unpaired) electrons. The van der Waals surface area contributed by atoms with Gasteiger partial charge in [-0.2, -0.15) is 10.2 Å². The van der Waals surface area contributed by atoms with E-state index < -0.39 is 43.7 Å². The van der Waals surface area contributed by atoms with Gasteiger partial charge in [-0.25, -0.2) is 36.5 Å². The molecule has 0 amide bonds. The first-order valence-corrected chi connectivity index (χ1v) is 18.7. The van der Waals surface area contributed by atoms with Gasteiger partial charge >= 0.3 is 18.8 Å². The zero-order valence-corrected chi connectivity index (χ0v) is 32.2. The molecule has 0 atom stereocenters. The molecule has 0 bridgehead atoms. The number of carbonyl (C=O) groups is 2. The van der Waals surface area contributed by atoms with Crippen LogP contribution in [0.4, 0.5) is 22.7 Å². The maximum atomic E-state index is 12.6. The van der Waals surface area contributed by atoms with Gasteiger partial charge in [-0.05, 0) is 62.4 Å². The van der Waals surface area contributed by atoms with Crippen LogP contribution < -0.4 is 30.7 Å². The van der Waals surface area contributed by atoms with Crippen molar-refractivity contribution < 1.29 is 65.6 Å². The van der Waals surface area contributed by atoms with Crippen LogP contribution in [0.1, 0.15) is 33.5 Å². The van der Waals surface area contributed by atoms with E-state index in [2.05, 4.69) is 30.7 Å². The molecule has 20 nitrogen and oxygen atoms in total. The maximum Gasteiger partial charge on any atom is 3.00 e. The van der Waals surface area contributed by atoms with Crippen molar-refractivity contribution in [2.24, 2.45) is 30.7 Å². The van der Waals surface area contributed by atoms with E-state index in [9.17, 15) is 46.9 Å². The molecular formula is C34H27CrN10O10S2. The van der Waals surface area contributed by atoms with Gasteiger partial charge in [0.25, 0.3) is 0 Å². The van der Waals surface area contributed by atoms with Crippen molar-refractivity contribution in [1.82, 2.24) is 19.6 Å². The smallest absolute Gasteiger partial charge is 0.857 e. The molecule has 0 saturated heterocycles. The van der Waals surface area contributed by atoms with E-state index in [1.807, 2.05) is 0 Å². The molecule has 4 aromatic carbocycles. The fourth-order valence-electron chi connectivity index (χ4n) is 4.84. The number of aromatic carboxylic acids is 2. The van der Waals surface area contributed by atoms with Gasteiger partial charge in [0.05, 0.1) is 55.9 Å². The summed E-state index contributed by atoms with van der Waals surface area (Å²) in [5, 5.41) is 81.1. The van der Waals surface area contributed by atoms with E-state index in [-0.39, 0.29) is 85.2 Å². The summed E-state index contributed by atoms with van der Waals surface area (Å²) in [5.41, 5.74) is 0.252. The SMILES string of the molecule is Cc1nn(-c2cccc(S(N)(=O)=O)c2)c([O-])c1N=Nc1ccccc1C(=O)[O-].Cc1nn(-c2cccc(S(N)(=O)=O)c2)c([O-])c1N=Nc1ccccc1C(=O)[O-].[Cr+3].[H+]. The monoisotopic (exact) mass is 851 g/mol. The maximum absolute atomic E-state index is 12.6. The van der Waals surface area contributed by atoms with Crippen LogP contribution in [0.3, 0.4) is 0 Å². The zero-order chi connectivity index (χ0) is 40.9. The fourth-order valence-corrected chi connectivity index (χ4v) is 5.94. The number of hydrogen-bond donors (Lipinski definition) is 2. The van der Waals surface area contributed by atoms with E-state index in [0.29, 0.717) is 0 Å². The van der Waals surface area contributed by atoms with E-state index in [4.69, 9.17) is 10.3 Å². The Morgan fingerprint density at radius 3 is 1.28 bits per heavy atom. The van der Waals surface area contributed by atoms with Crippen LogP contribution in [-0.2, 0) is 37.4 Å². The molecule has 6 aromatic rings. The molecule has 0 unspecified atom stereocenters. The Balaban J connectivity index is 0.000000300. The molecule has 2 heterocycles. The van der Waals surface area contributed by atoms with E-state index in [1.54, 1.807) is 12.1 Å². The van der Waals surface area contributed by atoms with Crippen molar-refractivity contribution in [3.05, 3.63) is 120 Å². The summed E-state index contributed by atoms with van der Waals surface area (Å²) in [6.45, 7) is 3.03. The number of carboxylic acids is 2. The normalized spacial score (nSPS) is 11.6. The van der Waals surface area contributed by atoms with Gasteiger partial charge in [0.15, 0.2) is 0 Å². The Kier molecular flexibility index (Phi) is 13.2. The number of primary sulfonamides is 2. The molecule has 57 heavy (non-hydrogen) atoms. The van der Waals surface area contributed by atoms with Crippen molar-refractivity contribution >= 4 is 54.7 Å². The second-order valence-corrected chi connectivity index (χ2v) is 14.5. The van der Waals surface area contributed by atoms with E-state index in [1.165, 1.54) is 98.8 Å². The molecule has 4 N–H and O–H groups in total. The van der Waals surface area contributed by atoms with Crippen molar-refractivity contribution in [2.75, 3.05) is 0 Å². The van der Waals surface area contributed by atoms with Crippen LogP contribution >= 0.6 is 0 Å². The first kappa shape index (κ1) is 43.1. The topological polar surface area (TPSA) is 332 Å². The number of aryl methyl sites for hydroxylation is 2. The Bertz CT molecular complexity index is 2600. The standard InChI is InChI=1S/2C17H15N5O5S.Cr/c2*1-10-15(20-19-14-8-3-2-7-13(14)17(24)25)16(23)22(21-10)11-5-4-6-12(9-11)28(18,26)27;/h2*2-9,23H,1H3,(H,24,25)(H2,18,26,27);/q;;+3/p-3. The summed E-state index contributed by atoms with van der Waals surface area (Å²) in [4.78, 5) is 21.9. The predicted molar refractivity (Wildman–Crippen MR) is 189 cm³/mol. The first-order chi connectivity index (χ1) is 26.4. The summed E-state index contributed by atoms with van der Waals surface area (Å²) < 4.78 is 47.9. The van der Waals surface area contributed by atoms with Gasteiger partial charge in [0.2, 0.25) is 20.0 Å². The van der Waals surface area contributed by atoms with Crippen LogP contribution in [0.2, 0.25) is 0 Å². The molecular weight excluding hydrogens is 825 g/mol. The molecule has 0 aliphatic carbocycles. The Morgan fingerprint density at radius 1 is 0.596 bits per heavy atom. The number of carbonyl (C=O) groups excluding carboxylic acids is 2. The van der Waals surface area contributed by atoms with Crippen LogP contribution in [0.25, 0.3) is 11.4 Å². The number of sulfonamides is 2. The minimum atomic E-state index is -3.96. The summed E-state index contributed by atoms with van der Waals surface area (Å²) >= 11 is 0. The number of aromatic nitrogens is 4. The van der Waals surface area contributed by atoms with Crippen LogP contribution in [0.5, 0.6) is 11.8 Å². The Hall–Kier alpha value is -6.61. The number of azo groups is 2. The van der Waals surface area contributed by atoms with Gasteiger partial charge in [0.1, 0.15) is 11.4 Å². The summed E-state index contributed by atoms with van der Waals surface area (Å²) in [6, 6.07) is 22.4. The second kappa shape index (κ2) is 17.5. The third-order valence-corrected chi connectivity index (χ3v) is 9.34. The van der Waals surface area contributed by atoms with Crippen molar-refractivity contribution in [2.45, 2.75) is 23.6 Å². The minimum Gasteiger partial charge on any atom is -0.857 e. The number of nitrogens with two attached hydrogens (primary N) is 2. The number of hydrogen-bond acceptors (Lipinski definition) is 16. The molecule has 291 valence electrons.